The van der Waals surface area contributed by atoms with Crippen molar-refractivity contribution in [2.24, 2.45) is 0 Å². The number of benzene rings is 1. The second-order valence-electron chi connectivity index (χ2n) is 4.92. The second kappa shape index (κ2) is 6.54. The number of aromatic nitrogens is 2. The third-order valence-electron chi connectivity index (χ3n) is 3.38. The summed E-state index contributed by atoms with van der Waals surface area (Å²) in [6.07, 6.45) is -0.848. The Bertz CT molecular complexity index is 623. The van der Waals surface area contributed by atoms with Crippen molar-refractivity contribution in [3.8, 4) is 0 Å². The van der Waals surface area contributed by atoms with Crippen molar-refractivity contribution in [3.63, 3.8) is 0 Å². The number of hydrogen-bond acceptors (Lipinski definition) is 2. The van der Waals surface area contributed by atoms with Crippen LogP contribution in [0.2, 0.25) is 5.02 Å². The van der Waals surface area contributed by atoms with Crippen LogP contribution in [0.15, 0.2) is 18.2 Å². The van der Waals surface area contributed by atoms with Gasteiger partial charge in [-0.25, -0.2) is 8.78 Å². The molecule has 21 heavy (non-hydrogen) atoms. The Balaban J connectivity index is 2.17. The highest BCUT2D eigenvalue weighted by Gasteiger charge is 2.19. The SMILES string of the molecule is CCn1nc(C)c(Cl)c1CC(O)Cc1c(F)cccc1F. The van der Waals surface area contributed by atoms with E-state index in [1.807, 2.05) is 6.92 Å². The molecule has 0 amide bonds. The molecule has 6 heteroatoms. The third-order valence-corrected chi connectivity index (χ3v) is 3.87. The number of nitrogens with zero attached hydrogens (tertiary/aromatic N) is 2. The zero-order valence-electron chi connectivity index (χ0n) is 11.9. The van der Waals surface area contributed by atoms with E-state index in [1.165, 1.54) is 18.2 Å². The van der Waals surface area contributed by atoms with Gasteiger partial charge in [0.15, 0.2) is 0 Å². The monoisotopic (exact) mass is 314 g/mol. The molecule has 1 N–H and O–H groups in total. The quantitative estimate of drug-likeness (QED) is 0.919. The highest BCUT2D eigenvalue weighted by atomic mass is 35.5. The number of aliphatic hydroxyl groups is 1. The Morgan fingerprint density at radius 2 is 1.90 bits per heavy atom. The Kier molecular flexibility index (Phi) is 4.96. The Morgan fingerprint density at radius 3 is 2.48 bits per heavy atom. The van der Waals surface area contributed by atoms with Gasteiger partial charge < -0.3 is 5.11 Å². The van der Waals surface area contributed by atoms with Crippen LogP contribution in [0.1, 0.15) is 23.9 Å². The van der Waals surface area contributed by atoms with Gasteiger partial charge in [0.25, 0.3) is 0 Å². The predicted molar refractivity (Wildman–Crippen MR) is 77.4 cm³/mol. The van der Waals surface area contributed by atoms with Gasteiger partial charge in [-0.15, -0.1) is 0 Å². The normalized spacial score (nSPS) is 12.7. The lowest BCUT2D eigenvalue weighted by atomic mass is 10.0. The first-order valence-electron chi connectivity index (χ1n) is 6.76. The first-order valence-corrected chi connectivity index (χ1v) is 7.14. The van der Waals surface area contributed by atoms with E-state index in [9.17, 15) is 13.9 Å². The molecule has 0 bridgehead atoms. The summed E-state index contributed by atoms with van der Waals surface area (Å²) in [5.74, 6) is -1.30. The van der Waals surface area contributed by atoms with E-state index in [0.29, 0.717) is 23.0 Å². The summed E-state index contributed by atoms with van der Waals surface area (Å²) in [7, 11) is 0. The third kappa shape index (κ3) is 3.41. The van der Waals surface area contributed by atoms with E-state index in [1.54, 1.807) is 11.6 Å². The van der Waals surface area contributed by atoms with E-state index in [2.05, 4.69) is 5.10 Å². The molecule has 3 nitrogen and oxygen atoms in total. The van der Waals surface area contributed by atoms with Gasteiger partial charge in [0.1, 0.15) is 11.6 Å². The number of halogens is 3. The summed E-state index contributed by atoms with van der Waals surface area (Å²) in [5.41, 5.74) is 1.25. The van der Waals surface area contributed by atoms with Crippen LogP contribution < -0.4 is 0 Å². The molecule has 114 valence electrons. The highest BCUT2D eigenvalue weighted by Crippen LogP contribution is 2.23. The zero-order chi connectivity index (χ0) is 15.6. The van der Waals surface area contributed by atoms with Crippen molar-refractivity contribution in [1.82, 2.24) is 9.78 Å². The van der Waals surface area contributed by atoms with Crippen LogP contribution in [0, 0.1) is 18.6 Å². The van der Waals surface area contributed by atoms with E-state index in [4.69, 9.17) is 11.6 Å². The molecular weight excluding hydrogens is 298 g/mol. The van der Waals surface area contributed by atoms with Gasteiger partial charge >= 0.3 is 0 Å². The van der Waals surface area contributed by atoms with Gasteiger partial charge in [-0.2, -0.15) is 5.10 Å². The molecule has 1 atom stereocenters. The number of aryl methyl sites for hydroxylation is 2. The summed E-state index contributed by atoms with van der Waals surface area (Å²) in [6, 6.07) is 3.66. The number of aliphatic hydroxyl groups excluding tert-OH is 1. The van der Waals surface area contributed by atoms with Crippen molar-refractivity contribution in [1.29, 1.82) is 0 Å². The molecule has 0 aliphatic heterocycles. The van der Waals surface area contributed by atoms with Crippen LogP contribution in [-0.2, 0) is 19.4 Å². The Hall–Kier alpha value is -1.46. The lowest BCUT2D eigenvalue weighted by Gasteiger charge is -2.13. The lowest BCUT2D eigenvalue weighted by molar-refractivity contribution is 0.170. The van der Waals surface area contributed by atoms with E-state index in [-0.39, 0.29) is 18.4 Å². The molecule has 1 unspecified atom stereocenters. The molecule has 0 aliphatic carbocycles. The van der Waals surface area contributed by atoms with Crippen LogP contribution in [0.25, 0.3) is 0 Å². The van der Waals surface area contributed by atoms with E-state index < -0.39 is 17.7 Å². The summed E-state index contributed by atoms with van der Waals surface area (Å²) < 4.78 is 28.9. The molecule has 0 spiro atoms. The topological polar surface area (TPSA) is 38.0 Å². The molecule has 0 saturated heterocycles. The van der Waals surface area contributed by atoms with Crippen molar-refractivity contribution < 1.29 is 13.9 Å². The van der Waals surface area contributed by atoms with Gasteiger partial charge in [0.05, 0.1) is 22.5 Å². The maximum absolute atomic E-state index is 13.6. The maximum atomic E-state index is 13.6. The Morgan fingerprint density at radius 1 is 1.29 bits per heavy atom. The first kappa shape index (κ1) is 15.9. The van der Waals surface area contributed by atoms with Gasteiger partial charge in [0, 0.05) is 24.9 Å². The summed E-state index contributed by atoms with van der Waals surface area (Å²) >= 11 is 6.16. The van der Waals surface area contributed by atoms with Crippen LogP contribution in [0.5, 0.6) is 0 Å². The second-order valence-corrected chi connectivity index (χ2v) is 5.30. The first-order chi connectivity index (χ1) is 9.93. The molecule has 2 aromatic rings. The lowest BCUT2D eigenvalue weighted by Crippen LogP contribution is -2.18. The minimum Gasteiger partial charge on any atom is -0.392 e. The smallest absolute Gasteiger partial charge is 0.129 e. The number of hydrogen-bond donors (Lipinski definition) is 1. The predicted octanol–water partition coefficient (Wildman–Crippen LogP) is 3.29. The van der Waals surface area contributed by atoms with Crippen LogP contribution in [-0.4, -0.2) is 21.0 Å². The average molecular weight is 315 g/mol. The average Bonchev–Trinajstić information content (AvgIpc) is 2.71. The highest BCUT2D eigenvalue weighted by molar-refractivity contribution is 6.31. The summed E-state index contributed by atoms with van der Waals surface area (Å²) in [4.78, 5) is 0. The minimum atomic E-state index is -0.935. The standard InChI is InChI=1S/C15H17ClF2N2O/c1-3-20-14(15(16)9(2)19-20)8-10(21)7-11-12(17)5-4-6-13(11)18/h4-6,10,21H,3,7-8H2,1-2H3. The van der Waals surface area contributed by atoms with Gasteiger partial charge in [0.2, 0.25) is 0 Å². The van der Waals surface area contributed by atoms with Crippen molar-refractivity contribution in [2.45, 2.75) is 39.3 Å². The van der Waals surface area contributed by atoms with E-state index in [0.717, 1.165) is 0 Å². The van der Waals surface area contributed by atoms with Crippen molar-refractivity contribution in [3.05, 3.63) is 51.8 Å². The minimum absolute atomic E-state index is 0.108. The fraction of sp³-hybridized carbons (Fsp3) is 0.400. The fourth-order valence-electron chi connectivity index (χ4n) is 2.32. The van der Waals surface area contributed by atoms with E-state index >= 15 is 0 Å². The summed E-state index contributed by atoms with van der Waals surface area (Å²) in [5, 5.41) is 14.9. The van der Waals surface area contributed by atoms with Crippen molar-refractivity contribution in [2.75, 3.05) is 0 Å². The number of rotatable bonds is 5. The molecule has 0 radical (unpaired) electrons. The van der Waals surface area contributed by atoms with Crippen LogP contribution >= 0.6 is 11.6 Å². The largest absolute Gasteiger partial charge is 0.392 e. The van der Waals surface area contributed by atoms with Gasteiger partial charge in [-0.3, -0.25) is 4.68 Å². The van der Waals surface area contributed by atoms with Crippen molar-refractivity contribution >= 4 is 11.6 Å². The van der Waals surface area contributed by atoms with Gasteiger partial charge in [-0.1, -0.05) is 17.7 Å². The van der Waals surface area contributed by atoms with Crippen LogP contribution in [0.3, 0.4) is 0 Å². The Labute approximate surface area is 127 Å². The molecular formula is C15H17ClF2N2O. The molecule has 0 aliphatic rings. The maximum Gasteiger partial charge on any atom is 0.129 e. The zero-order valence-corrected chi connectivity index (χ0v) is 12.7. The summed E-state index contributed by atoms with van der Waals surface area (Å²) in [6.45, 7) is 4.31. The molecule has 1 heterocycles. The molecule has 1 aromatic carbocycles. The molecule has 0 fully saturated rings. The molecule has 1 aromatic heterocycles. The van der Waals surface area contributed by atoms with Gasteiger partial charge in [-0.05, 0) is 26.0 Å². The molecule has 0 saturated carbocycles. The fourth-order valence-corrected chi connectivity index (χ4v) is 2.53. The molecule has 2 rings (SSSR count). The van der Waals surface area contributed by atoms with Crippen LogP contribution in [0.4, 0.5) is 8.78 Å².